The van der Waals surface area contributed by atoms with E-state index in [4.69, 9.17) is 9.72 Å². The van der Waals surface area contributed by atoms with Gasteiger partial charge in [0, 0.05) is 24.5 Å². The van der Waals surface area contributed by atoms with Gasteiger partial charge in [0.05, 0.1) is 22.9 Å². The number of nitrogens with zero attached hydrogens (tertiary/aromatic N) is 2. The molecule has 1 saturated heterocycles. The fourth-order valence-electron chi connectivity index (χ4n) is 3.61. The molecule has 0 bridgehead atoms. The summed E-state index contributed by atoms with van der Waals surface area (Å²) in [5, 5.41) is 3.95. The molecule has 0 saturated carbocycles. The number of benzene rings is 1. The van der Waals surface area contributed by atoms with Crippen LogP contribution in [0.25, 0.3) is 10.2 Å². The molecule has 1 aliphatic heterocycles. The van der Waals surface area contributed by atoms with Gasteiger partial charge in [-0.15, -0.1) is 0 Å². The van der Waals surface area contributed by atoms with Gasteiger partial charge in [-0.3, -0.25) is 4.79 Å². The summed E-state index contributed by atoms with van der Waals surface area (Å²) in [6, 6.07) is 5.71. The number of aryl methyl sites for hydroxylation is 1. The van der Waals surface area contributed by atoms with Crippen LogP contribution in [0.5, 0.6) is 0 Å². The summed E-state index contributed by atoms with van der Waals surface area (Å²) in [5.41, 5.74) is 3.59. The average Bonchev–Trinajstić information content (AvgIpc) is 3.39. The van der Waals surface area contributed by atoms with Gasteiger partial charge < -0.3 is 19.9 Å². The van der Waals surface area contributed by atoms with E-state index in [1.165, 1.54) is 20.0 Å². The number of rotatable bonds is 4. The van der Waals surface area contributed by atoms with Crippen molar-refractivity contribution in [2.24, 2.45) is 0 Å². The van der Waals surface area contributed by atoms with E-state index in [9.17, 15) is 9.59 Å². The molecule has 0 radical (unpaired) electrons. The molecule has 7 nitrogen and oxygen atoms in total. The summed E-state index contributed by atoms with van der Waals surface area (Å²) >= 11 is 1.64. The Hall–Kier alpha value is -2.87. The van der Waals surface area contributed by atoms with Gasteiger partial charge >= 0.3 is 5.97 Å². The molecule has 0 aliphatic carbocycles. The second kappa shape index (κ2) is 7.27. The number of thiazole rings is 1. The second-order valence-electron chi connectivity index (χ2n) is 6.94. The highest BCUT2D eigenvalue weighted by molar-refractivity contribution is 7.22. The number of methoxy groups -OCH3 is 1. The van der Waals surface area contributed by atoms with Gasteiger partial charge in [0.15, 0.2) is 5.13 Å². The lowest BCUT2D eigenvalue weighted by Gasteiger charge is -2.11. The van der Waals surface area contributed by atoms with Crippen molar-refractivity contribution < 1.29 is 14.3 Å². The van der Waals surface area contributed by atoms with Crippen molar-refractivity contribution in [3.63, 3.8) is 0 Å². The summed E-state index contributed by atoms with van der Waals surface area (Å²) in [5.74, 6) is -0.745. The molecule has 0 spiro atoms. The van der Waals surface area contributed by atoms with Crippen molar-refractivity contribution in [2.45, 2.75) is 26.7 Å². The summed E-state index contributed by atoms with van der Waals surface area (Å²) in [6.45, 7) is 5.59. The van der Waals surface area contributed by atoms with Crippen molar-refractivity contribution in [1.82, 2.24) is 9.97 Å². The van der Waals surface area contributed by atoms with Crippen molar-refractivity contribution in [2.75, 3.05) is 30.4 Å². The zero-order chi connectivity index (χ0) is 19.8. The molecule has 2 aromatic heterocycles. The predicted molar refractivity (Wildman–Crippen MR) is 111 cm³/mol. The highest BCUT2D eigenvalue weighted by Crippen LogP contribution is 2.32. The Morgan fingerprint density at radius 2 is 2.00 bits per heavy atom. The number of H-pyrrole nitrogens is 1. The first kappa shape index (κ1) is 18.5. The third kappa shape index (κ3) is 3.24. The van der Waals surface area contributed by atoms with E-state index in [1.807, 2.05) is 18.2 Å². The molecule has 28 heavy (non-hydrogen) atoms. The molecule has 3 heterocycles. The minimum absolute atomic E-state index is 0.292. The third-order valence-electron chi connectivity index (χ3n) is 5.07. The van der Waals surface area contributed by atoms with Crippen LogP contribution in [0.3, 0.4) is 0 Å². The maximum absolute atomic E-state index is 12.7. The predicted octanol–water partition coefficient (Wildman–Crippen LogP) is 3.88. The number of ether oxygens (including phenoxy) is 1. The highest BCUT2D eigenvalue weighted by Gasteiger charge is 2.23. The second-order valence-corrected chi connectivity index (χ2v) is 7.95. The summed E-state index contributed by atoms with van der Waals surface area (Å²) in [4.78, 5) is 34.7. The first-order valence-electron chi connectivity index (χ1n) is 9.22. The maximum Gasteiger partial charge on any atom is 0.339 e. The van der Waals surface area contributed by atoms with E-state index >= 15 is 0 Å². The number of carbonyl (C=O) groups is 2. The quantitative estimate of drug-likeness (QED) is 0.651. The van der Waals surface area contributed by atoms with E-state index in [2.05, 4.69) is 15.2 Å². The van der Waals surface area contributed by atoms with E-state index < -0.39 is 5.97 Å². The molecule has 1 aromatic carbocycles. The Bertz CT molecular complexity index is 1060. The number of aromatic amines is 1. The van der Waals surface area contributed by atoms with Crippen molar-refractivity contribution in [3.8, 4) is 0 Å². The zero-order valence-corrected chi connectivity index (χ0v) is 16.9. The van der Waals surface area contributed by atoms with Crippen LogP contribution in [0.15, 0.2) is 18.2 Å². The number of nitrogens with one attached hydrogen (secondary N) is 2. The monoisotopic (exact) mass is 398 g/mol. The number of esters is 1. The van der Waals surface area contributed by atoms with Crippen LogP contribution in [0.1, 0.15) is 44.9 Å². The van der Waals surface area contributed by atoms with Crippen molar-refractivity contribution in [1.29, 1.82) is 0 Å². The van der Waals surface area contributed by atoms with Gasteiger partial charge in [-0.05, 0) is 50.5 Å². The SMILES string of the molecule is COC(=O)c1c(C)[nH]c(C(=O)Nc2ccc3nc(N4CCCC4)sc3c2)c1C. The molecule has 146 valence electrons. The number of hydrogen-bond acceptors (Lipinski definition) is 6. The smallest absolute Gasteiger partial charge is 0.339 e. The lowest BCUT2D eigenvalue weighted by atomic mass is 10.1. The van der Waals surface area contributed by atoms with Crippen LogP contribution in [-0.2, 0) is 4.74 Å². The van der Waals surface area contributed by atoms with Crippen LogP contribution in [0.2, 0.25) is 0 Å². The van der Waals surface area contributed by atoms with Crippen LogP contribution < -0.4 is 10.2 Å². The summed E-state index contributed by atoms with van der Waals surface area (Å²) < 4.78 is 5.84. The standard InChI is InChI=1S/C20H22N4O3S/c1-11-16(19(26)27-3)12(2)21-17(11)18(25)22-13-6-7-14-15(10-13)28-20(23-14)24-8-4-5-9-24/h6-7,10,21H,4-5,8-9H2,1-3H3,(H,22,25). The van der Waals surface area contributed by atoms with E-state index in [1.54, 1.807) is 25.2 Å². The van der Waals surface area contributed by atoms with E-state index in [-0.39, 0.29) is 5.91 Å². The van der Waals surface area contributed by atoms with Gasteiger partial charge in [-0.25, -0.2) is 9.78 Å². The average molecular weight is 398 g/mol. The van der Waals surface area contributed by atoms with Crippen LogP contribution >= 0.6 is 11.3 Å². The minimum Gasteiger partial charge on any atom is -0.465 e. The first-order chi connectivity index (χ1) is 13.5. The first-order valence-corrected chi connectivity index (χ1v) is 10.0. The number of anilines is 2. The molecule has 3 aromatic rings. The molecule has 0 atom stereocenters. The number of fused-ring (bicyclic) bond motifs is 1. The third-order valence-corrected chi connectivity index (χ3v) is 6.14. The maximum atomic E-state index is 12.7. The molecule has 4 rings (SSSR count). The zero-order valence-electron chi connectivity index (χ0n) is 16.1. The fraction of sp³-hybridized carbons (Fsp3) is 0.350. The minimum atomic E-state index is -0.453. The van der Waals surface area contributed by atoms with Crippen LogP contribution in [0, 0.1) is 13.8 Å². The van der Waals surface area contributed by atoms with Crippen molar-refractivity contribution in [3.05, 3.63) is 40.7 Å². The fourth-order valence-corrected chi connectivity index (χ4v) is 4.67. The Morgan fingerprint density at radius 3 is 2.71 bits per heavy atom. The van der Waals surface area contributed by atoms with Gasteiger partial charge in [0.1, 0.15) is 5.69 Å². The van der Waals surface area contributed by atoms with E-state index in [0.717, 1.165) is 28.4 Å². The Balaban J connectivity index is 1.58. The van der Waals surface area contributed by atoms with Gasteiger partial charge in [0.25, 0.3) is 5.91 Å². The number of amides is 1. The molecule has 2 N–H and O–H groups in total. The molecule has 1 aliphatic rings. The molecular weight excluding hydrogens is 376 g/mol. The molecule has 0 unspecified atom stereocenters. The number of carbonyl (C=O) groups excluding carboxylic acids is 2. The Kier molecular flexibility index (Phi) is 4.80. The number of hydrogen-bond donors (Lipinski definition) is 2. The van der Waals surface area contributed by atoms with Gasteiger partial charge in [0.2, 0.25) is 0 Å². The lowest BCUT2D eigenvalue weighted by Crippen LogP contribution is -2.16. The largest absolute Gasteiger partial charge is 0.465 e. The van der Waals surface area contributed by atoms with Crippen LogP contribution in [-0.4, -0.2) is 42.0 Å². The van der Waals surface area contributed by atoms with Gasteiger partial charge in [-0.2, -0.15) is 0 Å². The van der Waals surface area contributed by atoms with E-state index in [0.29, 0.717) is 28.2 Å². The number of aromatic nitrogens is 2. The molecule has 8 heteroatoms. The molecule has 1 fully saturated rings. The lowest BCUT2D eigenvalue weighted by molar-refractivity contribution is 0.0599. The molecular formula is C20H22N4O3S. The summed E-state index contributed by atoms with van der Waals surface area (Å²) in [7, 11) is 1.33. The highest BCUT2D eigenvalue weighted by atomic mass is 32.1. The normalized spacial score (nSPS) is 13.9. The van der Waals surface area contributed by atoms with Gasteiger partial charge in [-0.1, -0.05) is 11.3 Å². The topological polar surface area (TPSA) is 87.3 Å². The molecule has 1 amide bonds. The van der Waals surface area contributed by atoms with Crippen molar-refractivity contribution >= 4 is 44.2 Å². The Morgan fingerprint density at radius 1 is 1.25 bits per heavy atom. The summed E-state index contributed by atoms with van der Waals surface area (Å²) in [6.07, 6.45) is 2.42. The van der Waals surface area contributed by atoms with Crippen LogP contribution in [0.4, 0.5) is 10.8 Å². The Labute approximate surface area is 166 Å².